The zero-order chi connectivity index (χ0) is 15.0. The van der Waals surface area contributed by atoms with Crippen LogP contribution in [0.25, 0.3) is 11.2 Å². The molecule has 1 N–H and O–H groups in total. The SMILES string of the molecule is CNc1nc(C(F)(F)F)nc2c1ncn2Cc1ccsc1. The quantitative estimate of drug-likeness (QED) is 0.807. The number of fused-ring (bicyclic) bond motifs is 1. The number of hydrogen-bond acceptors (Lipinski definition) is 5. The predicted molar refractivity (Wildman–Crippen MR) is 73.3 cm³/mol. The highest BCUT2D eigenvalue weighted by molar-refractivity contribution is 7.07. The van der Waals surface area contributed by atoms with Crippen molar-refractivity contribution in [3.05, 3.63) is 34.5 Å². The summed E-state index contributed by atoms with van der Waals surface area (Å²) in [7, 11) is 1.50. The van der Waals surface area contributed by atoms with Crippen LogP contribution in [-0.2, 0) is 12.7 Å². The molecule has 0 saturated heterocycles. The number of nitrogens with one attached hydrogen (secondary N) is 1. The molecule has 0 aliphatic rings. The minimum absolute atomic E-state index is 0.0661. The second-order valence-electron chi connectivity index (χ2n) is 4.32. The summed E-state index contributed by atoms with van der Waals surface area (Å²) < 4.78 is 40.2. The van der Waals surface area contributed by atoms with Crippen molar-refractivity contribution in [2.75, 3.05) is 12.4 Å². The Morgan fingerprint density at radius 3 is 2.76 bits per heavy atom. The van der Waals surface area contributed by atoms with Gasteiger partial charge in [0.15, 0.2) is 11.5 Å². The largest absolute Gasteiger partial charge is 0.451 e. The van der Waals surface area contributed by atoms with Crippen molar-refractivity contribution in [1.29, 1.82) is 0 Å². The second-order valence-corrected chi connectivity index (χ2v) is 5.10. The first kappa shape index (κ1) is 13.8. The number of aromatic nitrogens is 4. The van der Waals surface area contributed by atoms with Crippen molar-refractivity contribution in [1.82, 2.24) is 19.5 Å². The van der Waals surface area contributed by atoms with Gasteiger partial charge in [0.2, 0.25) is 5.82 Å². The van der Waals surface area contributed by atoms with Crippen molar-refractivity contribution in [2.24, 2.45) is 0 Å². The fourth-order valence-electron chi connectivity index (χ4n) is 1.94. The van der Waals surface area contributed by atoms with Crippen LogP contribution in [0.15, 0.2) is 23.2 Å². The van der Waals surface area contributed by atoms with E-state index in [1.165, 1.54) is 24.7 Å². The van der Waals surface area contributed by atoms with E-state index >= 15 is 0 Å². The van der Waals surface area contributed by atoms with Crippen LogP contribution in [0, 0.1) is 0 Å². The lowest BCUT2D eigenvalue weighted by Gasteiger charge is -2.09. The van der Waals surface area contributed by atoms with E-state index in [0.29, 0.717) is 12.1 Å². The molecular formula is C12H10F3N5S. The van der Waals surface area contributed by atoms with E-state index in [9.17, 15) is 13.2 Å². The number of hydrogen-bond donors (Lipinski definition) is 1. The van der Waals surface area contributed by atoms with Crippen LogP contribution in [0.1, 0.15) is 11.4 Å². The van der Waals surface area contributed by atoms with Crippen LogP contribution in [0.5, 0.6) is 0 Å². The van der Waals surface area contributed by atoms with Gasteiger partial charge >= 0.3 is 6.18 Å². The monoisotopic (exact) mass is 313 g/mol. The van der Waals surface area contributed by atoms with E-state index < -0.39 is 12.0 Å². The first-order chi connectivity index (χ1) is 9.99. The Morgan fingerprint density at radius 1 is 1.33 bits per heavy atom. The fraction of sp³-hybridized carbons (Fsp3) is 0.250. The summed E-state index contributed by atoms with van der Waals surface area (Å²) in [5.74, 6) is -1.11. The molecule has 3 heterocycles. The molecule has 0 aliphatic carbocycles. The van der Waals surface area contributed by atoms with Gasteiger partial charge in [0, 0.05) is 7.05 Å². The fourth-order valence-corrected chi connectivity index (χ4v) is 2.60. The van der Waals surface area contributed by atoms with E-state index in [2.05, 4.69) is 20.3 Å². The highest BCUT2D eigenvalue weighted by Crippen LogP contribution is 2.29. The van der Waals surface area contributed by atoms with Crippen LogP contribution >= 0.6 is 11.3 Å². The van der Waals surface area contributed by atoms with Gasteiger partial charge in [-0.25, -0.2) is 15.0 Å². The second kappa shape index (κ2) is 4.99. The lowest BCUT2D eigenvalue weighted by molar-refractivity contribution is -0.144. The van der Waals surface area contributed by atoms with Crippen molar-refractivity contribution in [3.63, 3.8) is 0 Å². The van der Waals surface area contributed by atoms with Gasteiger partial charge in [0.05, 0.1) is 12.9 Å². The molecular weight excluding hydrogens is 303 g/mol. The summed E-state index contributed by atoms with van der Waals surface area (Å²) in [6.07, 6.45) is -3.13. The smallest absolute Gasteiger partial charge is 0.371 e. The summed E-state index contributed by atoms with van der Waals surface area (Å²) in [5, 5.41) is 6.46. The molecule has 0 atom stereocenters. The molecule has 0 unspecified atom stereocenters. The van der Waals surface area contributed by atoms with Gasteiger partial charge in [-0.3, -0.25) is 0 Å². The molecule has 0 fully saturated rings. The van der Waals surface area contributed by atoms with Crippen LogP contribution in [0.2, 0.25) is 0 Å². The zero-order valence-electron chi connectivity index (χ0n) is 10.8. The molecule has 0 aromatic carbocycles. The van der Waals surface area contributed by atoms with E-state index in [-0.39, 0.29) is 11.5 Å². The summed E-state index contributed by atoms with van der Waals surface area (Å²) in [6.45, 7) is 0.414. The number of halogens is 3. The Morgan fingerprint density at radius 2 is 2.14 bits per heavy atom. The predicted octanol–water partition coefficient (Wildman–Crippen LogP) is 3.00. The molecule has 0 saturated carbocycles. The van der Waals surface area contributed by atoms with Gasteiger partial charge in [-0.15, -0.1) is 0 Å². The standard InChI is InChI=1S/C12H10F3N5S/c1-16-9-8-10(19-11(18-9)12(13,14)15)20(6-17-8)4-7-2-3-21-5-7/h2-3,5-6H,4H2,1H3,(H,16,18,19). The van der Waals surface area contributed by atoms with Crippen LogP contribution in [0.4, 0.5) is 19.0 Å². The number of rotatable bonds is 3. The highest BCUT2D eigenvalue weighted by atomic mass is 32.1. The number of imidazole rings is 1. The Labute approximate surface area is 121 Å². The van der Waals surface area contributed by atoms with Crippen molar-refractivity contribution in [2.45, 2.75) is 12.7 Å². The number of alkyl halides is 3. The molecule has 3 aromatic rings. The summed E-state index contributed by atoms with van der Waals surface area (Å²) in [6, 6.07) is 1.90. The Balaban J connectivity index is 2.14. The average molecular weight is 313 g/mol. The van der Waals surface area contributed by atoms with E-state index in [0.717, 1.165) is 5.56 Å². The Kier molecular flexibility index (Phi) is 3.28. The molecule has 110 valence electrons. The van der Waals surface area contributed by atoms with Crippen molar-refractivity contribution in [3.8, 4) is 0 Å². The molecule has 0 aliphatic heterocycles. The topological polar surface area (TPSA) is 55.6 Å². The van der Waals surface area contributed by atoms with Gasteiger partial charge in [-0.05, 0) is 22.4 Å². The molecule has 21 heavy (non-hydrogen) atoms. The number of anilines is 1. The summed E-state index contributed by atoms with van der Waals surface area (Å²) in [4.78, 5) is 11.2. The van der Waals surface area contributed by atoms with Crippen LogP contribution in [0.3, 0.4) is 0 Å². The van der Waals surface area contributed by atoms with Gasteiger partial charge in [-0.2, -0.15) is 24.5 Å². The van der Waals surface area contributed by atoms with Gasteiger partial charge in [-0.1, -0.05) is 0 Å². The lowest BCUT2D eigenvalue weighted by atomic mass is 10.3. The third kappa shape index (κ3) is 2.56. The van der Waals surface area contributed by atoms with Crippen LogP contribution < -0.4 is 5.32 Å². The van der Waals surface area contributed by atoms with Crippen molar-refractivity contribution >= 4 is 28.3 Å². The molecule has 0 radical (unpaired) electrons. The average Bonchev–Trinajstić information content (AvgIpc) is 3.07. The third-order valence-electron chi connectivity index (χ3n) is 2.89. The number of thiophene rings is 1. The maximum atomic E-state index is 12.9. The molecule has 0 amide bonds. The van der Waals surface area contributed by atoms with Gasteiger partial charge < -0.3 is 9.88 Å². The van der Waals surface area contributed by atoms with Gasteiger partial charge in [0.1, 0.15) is 5.52 Å². The maximum absolute atomic E-state index is 12.9. The third-order valence-corrected chi connectivity index (χ3v) is 3.62. The normalized spacial score (nSPS) is 12.0. The zero-order valence-corrected chi connectivity index (χ0v) is 11.7. The van der Waals surface area contributed by atoms with Crippen molar-refractivity contribution < 1.29 is 13.2 Å². The minimum Gasteiger partial charge on any atom is -0.371 e. The Bertz CT molecular complexity index is 763. The maximum Gasteiger partial charge on any atom is 0.451 e. The molecule has 5 nitrogen and oxygen atoms in total. The molecule has 9 heteroatoms. The Hall–Kier alpha value is -2.16. The van der Waals surface area contributed by atoms with E-state index in [1.54, 1.807) is 4.57 Å². The van der Waals surface area contributed by atoms with E-state index in [4.69, 9.17) is 0 Å². The molecule has 3 rings (SSSR count). The highest BCUT2D eigenvalue weighted by Gasteiger charge is 2.36. The number of nitrogens with zero attached hydrogens (tertiary/aromatic N) is 4. The molecule has 0 spiro atoms. The first-order valence-electron chi connectivity index (χ1n) is 5.98. The lowest BCUT2D eigenvalue weighted by Crippen LogP contribution is -2.13. The van der Waals surface area contributed by atoms with E-state index in [1.807, 2.05) is 16.8 Å². The van der Waals surface area contributed by atoms with Crippen LogP contribution in [-0.4, -0.2) is 26.6 Å². The minimum atomic E-state index is -4.60. The summed E-state index contributed by atoms with van der Waals surface area (Å²) >= 11 is 1.52. The summed E-state index contributed by atoms with van der Waals surface area (Å²) in [5.41, 5.74) is 1.46. The molecule has 0 bridgehead atoms. The molecule has 3 aromatic heterocycles. The first-order valence-corrected chi connectivity index (χ1v) is 6.92. The van der Waals surface area contributed by atoms with Gasteiger partial charge in [0.25, 0.3) is 0 Å².